The molecule has 0 radical (unpaired) electrons. The molecule has 0 unspecified atom stereocenters. The lowest BCUT2D eigenvalue weighted by Crippen LogP contribution is -1.93. The molecule has 2 aromatic rings. The molecule has 0 aromatic carbocycles. The lowest BCUT2D eigenvalue weighted by molar-refractivity contribution is 0.609. The van der Waals surface area contributed by atoms with Gasteiger partial charge in [-0.05, 0) is 18.2 Å². The molecule has 0 atom stereocenters. The Hall–Kier alpha value is -2.28. The smallest absolute Gasteiger partial charge is 0.145 e. The molecule has 4 heteroatoms. The molecule has 0 saturated heterocycles. The van der Waals surface area contributed by atoms with Crippen molar-refractivity contribution in [2.24, 2.45) is 0 Å². The van der Waals surface area contributed by atoms with Crippen molar-refractivity contribution in [3.63, 3.8) is 0 Å². The third kappa shape index (κ3) is 2.04. The van der Waals surface area contributed by atoms with Gasteiger partial charge in [-0.1, -0.05) is 0 Å². The van der Waals surface area contributed by atoms with Crippen molar-refractivity contribution in [1.82, 2.24) is 9.97 Å². The van der Waals surface area contributed by atoms with Gasteiger partial charge in [0.2, 0.25) is 0 Å². The average molecular weight is 213 g/mol. The molecule has 2 rings (SSSR count). The van der Waals surface area contributed by atoms with Crippen LogP contribution in [-0.4, -0.2) is 9.97 Å². The zero-order chi connectivity index (χ0) is 11.4. The van der Waals surface area contributed by atoms with Gasteiger partial charge >= 0.3 is 0 Å². The van der Waals surface area contributed by atoms with Crippen molar-refractivity contribution < 1.29 is 4.39 Å². The maximum atomic E-state index is 13.2. The number of pyridine rings is 2. The summed E-state index contributed by atoms with van der Waals surface area (Å²) in [5, 5.41) is 8.56. The minimum absolute atomic E-state index is 0.0481. The highest BCUT2D eigenvalue weighted by atomic mass is 19.1. The van der Waals surface area contributed by atoms with E-state index in [0.717, 1.165) is 11.8 Å². The minimum Gasteiger partial charge on any atom is -0.265 e. The number of rotatable bonds is 2. The molecule has 0 fully saturated rings. The second-order valence-electron chi connectivity index (χ2n) is 3.23. The van der Waals surface area contributed by atoms with Crippen molar-refractivity contribution >= 4 is 0 Å². The highest BCUT2D eigenvalue weighted by molar-refractivity contribution is 5.58. The Kier molecular flexibility index (Phi) is 2.88. The maximum absolute atomic E-state index is 13.2. The number of halogens is 1. The summed E-state index contributed by atoms with van der Waals surface area (Å²) < 4.78 is 13.2. The molecule has 78 valence electrons. The van der Waals surface area contributed by atoms with E-state index in [0.29, 0.717) is 11.3 Å². The van der Waals surface area contributed by atoms with Crippen LogP contribution in [0, 0.1) is 17.1 Å². The molecule has 2 heterocycles. The van der Waals surface area contributed by atoms with E-state index in [1.807, 2.05) is 6.07 Å². The first-order chi connectivity index (χ1) is 7.81. The lowest BCUT2D eigenvalue weighted by Gasteiger charge is -2.03. The van der Waals surface area contributed by atoms with Gasteiger partial charge < -0.3 is 0 Å². The Balaban J connectivity index is 2.45. The van der Waals surface area contributed by atoms with Crippen LogP contribution in [-0.2, 0) is 6.42 Å². The largest absolute Gasteiger partial charge is 0.265 e. The molecule has 16 heavy (non-hydrogen) atoms. The maximum Gasteiger partial charge on any atom is 0.145 e. The molecule has 0 spiro atoms. The summed E-state index contributed by atoms with van der Waals surface area (Å²) in [6, 6.07) is 7.09. The molecule has 2 aromatic heterocycles. The average Bonchev–Trinajstić information content (AvgIpc) is 2.33. The van der Waals surface area contributed by atoms with E-state index < -0.39 is 5.82 Å². The number of aromatic nitrogens is 2. The summed E-state index contributed by atoms with van der Waals surface area (Å²) in [5.74, 6) is -0.445. The summed E-state index contributed by atoms with van der Waals surface area (Å²) in [7, 11) is 0. The van der Waals surface area contributed by atoms with Gasteiger partial charge in [0.15, 0.2) is 0 Å². The van der Waals surface area contributed by atoms with Crippen molar-refractivity contribution in [2.75, 3.05) is 0 Å². The van der Waals surface area contributed by atoms with Crippen molar-refractivity contribution in [3.05, 3.63) is 48.2 Å². The summed E-state index contributed by atoms with van der Waals surface area (Å²) >= 11 is 0. The number of nitriles is 1. The van der Waals surface area contributed by atoms with Crippen LogP contribution in [0.5, 0.6) is 0 Å². The van der Waals surface area contributed by atoms with Crippen molar-refractivity contribution in [2.45, 2.75) is 6.42 Å². The fourth-order valence-corrected chi connectivity index (χ4v) is 1.38. The predicted octanol–water partition coefficient (Wildman–Crippen LogP) is 2.35. The third-order valence-corrected chi connectivity index (χ3v) is 2.18. The zero-order valence-electron chi connectivity index (χ0n) is 8.39. The molecule has 0 aliphatic heterocycles. The van der Waals surface area contributed by atoms with Gasteiger partial charge in [-0.2, -0.15) is 5.26 Å². The van der Waals surface area contributed by atoms with E-state index in [1.165, 1.54) is 0 Å². The van der Waals surface area contributed by atoms with Gasteiger partial charge in [-0.25, -0.2) is 4.39 Å². The molecule has 0 bridgehead atoms. The molecule has 0 amide bonds. The van der Waals surface area contributed by atoms with E-state index >= 15 is 0 Å². The SMILES string of the molecule is N#CCc1cc(-c2ccncc2)ncc1F. The zero-order valence-corrected chi connectivity index (χ0v) is 8.39. The second-order valence-corrected chi connectivity index (χ2v) is 3.23. The molecular weight excluding hydrogens is 205 g/mol. The van der Waals surface area contributed by atoms with Crippen LogP contribution >= 0.6 is 0 Å². The molecule has 3 nitrogen and oxygen atoms in total. The summed E-state index contributed by atoms with van der Waals surface area (Å²) in [5.41, 5.74) is 1.87. The van der Waals surface area contributed by atoms with Crippen LogP contribution in [0.15, 0.2) is 36.8 Å². The van der Waals surface area contributed by atoms with Crippen molar-refractivity contribution in [3.8, 4) is 17.3 Å². The Morgan fingerprint density at radius 2 is 2.06 bits per heavy atom. The highest BCUT2D eigenvalue weighted by Gasteiger charge is 2.05. The standard InChI is InChI=1S/C12H8FN3/c13-11-8-16-12(7-10(11)1-4-14)9-2-5-15-6-3-9/h2-3,5-8H,1H2. The quantitative estimate of drug-likeness (QED) is 0.769. The van der Waals surface area contributed by atoms with Crippen LogP contribution in [0.2, 0.25) is 0 Å². The van der Waals surface area contributed by atoms with Gasteiger partial charge in [-0.15, -0.1) is 0 Å². The topological polar surface area (TPSA) is 49.6 Å². The molecule has 0 aliphatic carbocycles. The number of hydrogen-bond donors (Lipinski definition) is 0. The fraction of sp³-hybridized carbons (Fsp3) is 0.0833. The Morgan fingerprint density at radius 1 is 1.31 bits per heavy atom. The van der Waals surface area contributed by atoms with Crippen molar-refractivity contribution in [1.29, 1.82) is 5.26 Å². The van der Waals surface area contributed by atoms with E-state index in [9.17, 15) is 4.39 Å². The van der Waals surface area contributed by atoms with Crippen LogP contribution in [0.4, 0.5) is 4.39 Å². The summed E-state index contributed by atoms with van der Waals surface area (Å²) in [6.07, 6.45) is 4.48. The second kappa shape index (κ2) is 4.49. The van der Waals surface area contributed by atoms with E-state index in [4.69, 9.17) is 5.26 Å². The van der Waals surface area contributed by atoms with Gasteiger partial charge in [-0.3, -0.25) is 9.97 Å². The molecule has 0 aliphatic rings. The van der Waals surface area contributed by atoms with Crippen LogP contribution in [0.25, 0.3) is 11.3 Å². The normalized spacial score (nSPS) is 9.75. The predicted molar refractivity (Wildman–Crippen MR) is 56.7 cm³/mol. The fourth-order valence-electron chi connectivity index (χ4n) is 1.38. The Labute approximate surface area is 92.2 Å². The lowest BCUT2D eigenvalue weighted by atomic mass is 10.1. The minimum atomic E-state index is -0.445. The first-order valence-electron chi connectivity index (χ1n) is 4.73. The first kappa shape index (κ1) is 10.2. The summed E-state index contributed by atoms with van der Waals surface area (Å²) in [4.78, 5) is 7.87. The van der Waals surface area contributed by atoms with Crippen LogP contribution < -0.4 is 0 Å². The third-order valence-electron chi connectivity index (χ3n) is 2.18. The van der Waals surface area contributed by atoms with Gasteiger partial charge in [0.25, 0.3) is 0 Å². The molecule has 0 saturated carbocycles. The Bertz CT molecular complexity index is 532. The van der Waals surface area contributed by atoms with Gasteiger partial charge in [0.05, 0.1) is 24.4 Å². The summed E-state index contributed by atoms with van der Waals surface area (Å²) in [6.45, 7) is 0. The van der Waals surface area contributed by atoms with Crippen LogP contribution in [0.3, 0.4) is 0 Å². The first-order valence-corrected chi connectivity index (χ1v) is 4.73. The molecule has 0 N–H and O–H groups in total. The van der Waals surface area contributed by atoms with E-state index in [-0.39, 0.29) is 6.42 Å². The van der Waals surface area contributed by atoms with E-state index in [1.54, 1.807) is 30.6 Å². The molecular formula is C12H8FN3. The van der Waals surface area contributed by atoms with Crippen LogP contribution in [0.1, 0.15) is 5.56 Å². The monoisotopic (exact) mass is 213 g/mol. The highest BCUT2D eigenvalue weighted by Crippen LogP contribution is 2.18. The van der Waals surface area contributed by atoms with Gasteiger partial charge in [0.1, 0.15) is 5.82 Å². The Morgan fingerprint density at radius 3 is 2.75 bits per heavy atom. The number of hydrogen-bond acceptors (Lipinski definition) is 3. The number of nitrogens with zero attached hydrogens (tertiary/aromatic N) is 3. The van der Waals surface area contributed by atoms with E-state index in [2.05, 4.69) is 9.97 Å². The van der Waals surface area contributed by atoms with Gasteiger partial charge in [0, 0.05) is 23.5 Å².